The Hall–Kier alpha value is -2.42. The van der Waals surface area contributed by atoms with Gasteiger partial charge in [-0.3, -0.25) is 9.78 Å². The van der Waals surface area contributed by atoms with Gasteiger partial charge in [0, 0.05) is 41.6 Å². The van der Waals surface area contributed by atoms with E-state index < -0.39 is 0 Å². The van der Waals surface area contributed by atoms with Crippen LogP contribution in [0.25, 0.3) is 10.9 Å². The third-order valence-corrected chi connectivity index (χ3v) is 3.30. The van der Waals surface area contributed by atoms with E-state index >= 15 is 0 Å². The van der Waals surface area contributed by atoms with Gasteiger partial charge < -0.3 is 4.57 Å². The fraction of sp³-hybridized carbons (Fsp3) is 0.125. The van der Waals surface area contributed by atoms with Gasteiger partial charge in [0.2, 0.25) is 0 Å². The normalized spacial score (nSPS) is 10.7. The summed E-state index contributed by atoms with van der Waals surface area (Å²) in [5.74, 6) is 0. The van der Waals surface area contributed by atoms with Crippen molar-refractivity contribution in [3.63, 3.8) is 0 Å². The molecule has 0 unspecified atom stereocenters. The van der Waals surface area contributed by atoms with Crippen molar-refractivity contribution in [2.75, 3.05) is 0 Å². The third kappa shape index (κ3) is 2.40. The van der Waals surface area contributed by atoms with Crippen LogP contribution in [0, 0.1) is 0 Å². The monoisotopic (exact) mass is 250 g/mol. The fourth-order valence-corrected chi connectivity index (χ4v) is 2.28. The molecule has 0 spiro atoms. The highest BCUT2D eigenvalue weighted by Crippen LogP contribution is 2.17. The molecule has 3 rings (SSSR count). The zero-order chi connectivity index (χ0) is 13.1. The van der Waals surface area contributed by atoms with E-state index in [0.717, 1.165) is 35.7 Å². The first-order valence-electron chi connectivity index (χ1n) is 6.30. The highest BCUT2D eigenvalue weighted by atomic mass is 16.1. The minimum absolute atomic E-state index is 0.720. The molecule has 0 N–H and O–H groups in total. The molecule has 0 atom stereocenters. The van der Waals surface area contributed by atoms with Gasteiger partial charge in [0.25, 0.3) is 0 Å². The van der Waals surface area contributed by atoms with E-state index in [-0.39, 0.29) is 0 Å². The number of pyridine rings is 1. The summed E-state index contributed by atoms with van der Waals surface area (Å²) in [6, 6.07) is 11.9. The first kappa shape index (κ1) is 11.7. The molecule has 0 saturated carbocycles. The van der Waals surface area contributed by atoms with E-state index in [1.54, 1.807) is 6.20 Å². The number of nitrogens with zero attached hydrogens (tertiary/aromatic N) is 2. The second-order valence-electron chi connectivity index (χ2n) is 4.56. The molecule has 2 aromatic heterocycles. The van der Waals surface area contributed by atoms with Crippen molar-refractivity contribution >= 4 is 17.2 Å². The lowest BCUT2D eigenvalue weighted by atomic mass is 10.2. The summed E-state index contributed by atoms with van der Waals surface area (Å²) in [5.41, 5.74) is 3.11. The van der Waals surface area contributed by atoms with Crippen molar-refractivity contribution < 1.29 is 4.79 Å². The first-order valence-corrected chi connectivity index (χ1v) is 6.30. The number of aromatic nitrogens is 2. The summed E-state index contributed by atoms with van der Waals surface area (Å²) in [6.07, 6.45) is 7.58. The van der Waals surface area contributed by atoms with Gasteiger partial charge in [-0.05, 0) is 42.3 Å². The summed E-state index contributed by atoms with van der Waals surface area (Å²) in [4.78, 5) is 14.9. The Morgan fingerprint density at radius 2 is 2.16 bits per heavy atom. The van der Waals surface area contributed by atoms with Crippen LogP contribution in [0.4, 0.5) is 0 Å². The Kier molecular flexibility index (Phi) is 3.11. The molecule has 0 bridgehead atoms. The van der Waals surface area contributed by atoms with Gasteiger partial charge in [0.1, 0.15) is 6.29 Å². The molecule has 0 amide bonds. The minimum atomic E-state index is 0.720. The molecule has 0 aliphatic heterocycles. The van der Waals surface area contributed by atoms with Gasteiger partial charge in [0.15, 0.2) is 0 Å². The third-order valence-electron chi connectivity index (χ3n) is 3.30. The van der Waals surface area contributed by atoms with Crippen LogP contribution in [0.1, 0.15) is 15.9 Å². The molecule has 0 aliphatic rings. The molecule has 94 valence electrons. The molecule has 3 nitrogen and oxygen atoms in total. The number of fused-ring (bicyclic) bond motifs is 1. The van der Waals surface area contributed by atoms with Crippen molar-refractivity contribution in [2.24, 2.45) is 0 Å². The number of aryl methyl sites for hydroxylation is 2. The molecule has 3 heteroatoms. The van der Waals surface area contributed by atoms with E-state index in [9.17, 15) is 4.79 Å². The summed E-state index contributed by atoms with van der Waals surface area (Å²) >= 11 is 0. The van der Waals surface area contributed by atoms with Crippen molar-refractivity contribution in [3.05, 3.63) is 66.1 Å². The summed E-state index contributed by atoms with van der Waals surface area (Å²) in [6.45, 7) is 0.912. The smallest absolute Gasteiger partial charge is 0.150 e. The molecular weight excluding hydrogens is 236 g/mol. The predicted octanol–water partition coefficient (Wildman–Crippen LogP) is 3.09. The van der Waals surface area contributed by atoms with E-state index in [1.807, 2.05) is 36.5 Å². The maximum atomic E-state index is 10.8. The summed E-state index contributed by atoms with van der Waals surface area (Å²) < 4.78 is 2.21. The second-order valence-corrected chi connectivity index (χ2v) is 4.56. The van der Waals surface area contributed by atoms with Gasteiger partial charge in [-0.2, -0.15) is 0 Å². The second kappa shape index (κ2) is 5.06. The zero-order valence-corrected chi connectivity index (χ0v) is 10.5. The maximum absolute atomic E-state index is 10.8. The predicted molar refractivity (Wildman–Crippen MR) is 75.3 cm³/mol. The van der Waals surface area contributed by atoms with Crippen LogP contribution >= 0.6 is 0 Å². The SMILES string of the molecule is O=Cc1ccc2c(ccn2CCc2cccnc2)c1. The minimum Gasteiger partial charge on any atom is -0.347 e. The Morgan fingerprint density at radius 1 is 1.21 bits per heavy atom. The lowest BCUT2D eigenvalue weighted by molar-refractivity contribution is 0.112. The van der Waals surface area contributed by atoms with E-state index in [2.05, 4.69) is 21.8 Å². The number of carbonyl (C=O) groups is 1. The van der Waals surface area contributed by atoms with Crippen LogP contribution in [0.2, 0.25) is 0 Å². The van der Waals surface area contributed by atoms with Crippen molar-refractivity contribution in [1.29, 1.82) is 0 Å². The van der Waals surface area contributed by atoms with E-state index in [4.69, 9.17) is 0 Å². The highest BCUT2D eigenvalue weighted by molar-refractivity contribution is 5.87. The quantitative estimate of drug-likeness (QED) is 0.667. The zero-order valence-electron chi connectivity index (χ0n) is 10.5. The number of hydrogen-bond donors (Lipinski definition) is 0. The maximum Gasteiger partial charge on any atom is 0.150 e. The van der Waals surface area contributed by atoms with Gasteiger partial charge in [0.05, 0.1) is 0 Å². The highest BCUT2D eigenvalue weighted by Gasteiger charge is 2.02. The van der Waals surface area contributed by atoms with Crippen molar-refractivity contribution in [3.8, 4) is 0 Å². The topological polar surface area (TPSA) is 34.9 Å². The molecule has 1 aromatic carbocycles. The molecule has 0 fully saturated rings. The molecule has 0 saturated heterocycles. The lowest BCUT2D eigenvalue weighted by Gasteiger charge is -2.05. The number of carbonyl (C=O) groups excluding carboxylic acids is 1. The summed E-state index contributed by atoms with van der Waals surface area (Å²) in [5, 5.41) is 1.11. The molecule has 2 heterocycles. The Morgan fingerprint density at radius 3 is 2.95 bits per heavy atom. The van der Waals surface area contributed by atoms with Crippen molar-refractivity contribution in [1.82, 2.24) is 9.55 Å². The number of hydrogen-bond acceptors (Lipinski definition) is 2. The van der Waals surface area contributed by atoms with Crippen molar-refractivity contribution in [2.45, 2.75) is 13.0 Å². The lowest BCUT2D eigenvalue weighted by Crippen LogP contribution is -1.99. The van der Waals surface area contributed by atoms with Gasteiger partial charge in [-0.25, -0.2) is 0 Å². The van der Waals surface area contributed by atoms with Crippen LogP contribution in [0.3, 0.4) is 0 Å². The molecule has 19 heavy (non-hydrogen) atoms. The molecule has 0 radical (unpaired) electrons. The van der Waals surface area contributed by atoms with Crippen LogP contribution < -0.4 is 0 Å². The van der Waals surface area contributed by atoms with E-state index in [0.29, 0.717) is 0 Å². The Labute approximate surface area is 111 Å². The summed E-state index contributed by atoms with van der Waals surface area (Å²) in [7, 11) is 0. The average molecular weight is 250 g/mol. The van der Waals surface area contributed by atoms with E-state index in [1.165, 1.54) is 5.56 Å². The molecular formula is C16H14N2O. The fourth-order valence-electron chi connectivity index (χ4n) is 2.28. The Bertz CT molecular complexity index is 701. The number of benzene rings is 1. The van der Waals surface area contributed by atoms with Gasteiger partial charge in [-0.15, -0.1) is 0 Å². The van der Waals surface area contributed by atoms with Gasteiger partial charge >= 0.3 is 0 Å². The largest absolute Gasteiger partial charge is 0.347 e. The number of aldehydes is 1. The average Bonchev–Trinajstić information content (AvgIpc) is 2.88. The van der Waals surface area contributed by atoms with Crippen LogP contribution in [-0.4, -0.2) is 15.8 Å². The number of rotatable bonds is 4. The van der Waals surface area contributed by atoms with Crippen LogP contribution in [0.5, 0.6) is 0 Å². The molecule has 0 aliphatic carbocycles. The first-order chi connectivity index (χ1) is 9.36. The van der Waals surface area contributed by atoms with Crippen LogP contribution in [0.15, 0.2) is 55.0 Å². The van der Waals surface area contributed by atoms with Crippen LogP contribution in [-0.2, 0) is 13.0 Å². The van der Waals surface area contributed by atoms with Gasteiger partial charge in [-0.1, -0.05) is 6.07 Å². The Balaban J connectivity index is 1.83. The molecule has 3 aromatic rings. The standard InChI is InChI=1S/C16H14N2O/c19-12-14-3-4-16-15(10-14)6-9-18(16)8-5-13-2-1-7-17-11-13/h1-4,6-7,9-12H,5,8H2.